The van der Waals surface area contributed by atoms with Crippen LogP contribution < -0.4 is 15.1 Å². The Morgan fingerprint density at radius 3 is 2.78 bits per heavy atom. The van der Waals surface area contributed by atoms with Crippen LogP contribution in [0.25, 0.3) is 22.0 Å². The molecule has 0 atom stereocenters. The molecule has 0 fully saturated rings. The first-order valence-corrected chi connectivity index (χ1v) is 8.16. The Hall–Kier alpha value is -3.32. The smallest absolute Gasteiger partial charge is 0.347 e. The third-order valence-electron chi connectivity index (χ3n) is 3.57. The van der Waals surface area contributed by atoms with Crippen molar-refractivity contribution in [2.45, 2.75) is 0 Å². The van der Waals surface area contributed by atoms with Crippen LogP contribution in [-0.4, -0.2) is 29.8 Å². The molecule has 0 aliphatic rings. The van der Waals surface area contributed by atoms with E-state index >= 15 is 0 Å². The van der Waals surface area contributed by atoms with Gasteiger partial charge < -0.3 is 19.0 Å². The number of aliphatic carboxylic acids is 1. The molecule has 1 aromatic heterocycles. The van der Waals surface area contributed by atoms with Crippen LogP contribution in [0.2, 0.25) is 0 Å². The number of carbonyl (C=O) groups is 1. The number of methoxy groups -OCH3 is 1. The average molecular weight is 388 g/mol. The summed E-state index contributed by atoms with van der Waals surface area (Å²) in [5.74, 6) is -0.488. The summed E-state index contributed by atoms with van der Waals surface area (Å²) in [6, 6.07) is 11.6. The molecule has 0 saturated carbocycles. The van der Waals surface area contributed by atoms with Gasteiger partial charge in [-0.25, -0.2) is 14.6 Å². The van der Waals surface area contributed by atoms with Crippen LogP contribution in [-0.2, 0) is 4.79 Å². The van der Waals surface area contributed by atoms with E-state index < -0.39 is 18.2 Å². The van der Waals surface area contributed by atoms with Gasteiger partial charge in [-0.3, -0.25) is 0 Å². The summed E-state index contributed by atoms with van der Waals surface area (Å²) in [5.41, 5.74) is 0.569. The Kier molecular flexibility index (Phi) is 5.42. The molecule has 0 saturated heterocycles. The quantitative estimate of drug-likeness (QED) is 0.692. The van der Waals surface area contributed by atoms with E-state index in [0.29, 0.717) is 22.2 Å². The minimum Gasteiger partial charge on any atom is -0.493 e. The maximum absolute atomic E-state index is 12.1. The molecular formula is C19H14ClNO6. The van der Waals surface area contributed by atoms with Crippen LogP contribution in [0, 0.1) is 0 Å². The lowest BCUT2D eigenvalue weighted by molar-refractivity contribution is -0.139. The van der Waals surface area contributed by atoms with Gasteiger partial charge in [-0.15, -0.1) is 0 Å². The molecule has 27 heavy (non-hydrogen) atoms. The van der Waals surface area contributed by atoms with E-state index in [1.807, 2.05) is 0 Å². The summed E-state index contributed by atoms with van der Waals surface area (Å²) in [6.45, 7) is -0.488. The lowest BCUT2D eigenvalue weighted by atomic mass is 10.2. The number of hydrogen-bond acceptors (Lipinski definition) is 6. The van der Waals surface area contributed by atoms with Gasteiger partial charge in [0.05, 0.1) is 18.0 Å². The summed E-state index contributed by atoms with van der Waals surface area (Å²) in [4.78, 5) is 26.9. The Bertz CT molecular complexity index is 1090. The molecule has 1 heterocycles. The monoisotopic (exact) mass is 387 g/mol. The highest BCUT2D eigenvalue weighted by molar-refractivity contribution is 6.50. The Labute approximate surface area is 158 Å². The molecule has 0 aliphatic heterocycles. The molecule has 0 aliphatic carbocycles. The number of hydrogen-bond donors (Lipinski definition) is 1. The van der Waals surface area contributed by atoms with Crippen molar-refractivity contribution < 1.29 is 23.8 Å². The molecule has 7 nitrogen and oxygen atoms in total. The van der Waals surface area contributed by atoms with E-state index in [1.165, 1.54) is 7.11 Å². The first-order chi connectivity index (χ1) is 13.0. The fourth-order valence-electron chi connectivity index (χ4n) is 2.36. The summed E-state index contributed by atoms with van der Waals surface area (Å²) < 4.78 is 15.5. The lowest BCUT2D eigenvalue weighted by Crippen LogP contribution is -2.10. The minimum absolute atomic E-state index is 0.00876. The molecule has 0 radical (unpaired) electrons. The van der Waals surface area contributed by atoms with Crippen molar-refractivity contribution >= 4 is 39.6 Å². The van der Waals surface area contributed by atoms with Crippen LogP contribution in [0.4, 0.5) is 0 Å². The molecule has 138 valence electrons. The lowest BCUT2D eigenvalue weighted by Gasteiger charge is -2.09. The Morgan fingerprint density at radius 1 is 1.26 bits per heavy atom. The largest absolute Gasteiger partial charge is 0.493 e. The van der Waals surface area contributed by atoms with Crippen LogP contribution in [0.3, 0.4) is 0 Å². The van der Waals surface area contributed by atoms with E-state index in [-0.39, 0.29) is 16.7 Å². The highest BCUT2D eigenvalue weighted by Gasteiger charge is 2.11. The first-order valence-electron chi connectivity index (χ1n) is 7.78. The molecule has 3 rings (SSSR count). The Morgan fingerprint density at radius 2 is 2.04 bits per heavy atom. The van der Waals surface area contributed by atoms with Gasteiger partial charge in [-0.2, -0.15) is 0 Å². The molecule has 1 N–H and O–H groups in total. The number of ether oxygens (including phenoxy) is 2. The fraction of sp³-hybridized carbons (Fsp3) is 0.105. The number of carboxylic acids is 1. The zero-order valence-electron chi connectivity index (χ0n) is 14.1. The second-order valence-electron chi connectivity index (χ2n) is 5.41. The van der Waals surface area contributed by atoms with Gasteiger partial charge in [0.25, 0.3) is 0 Å². The summed E-state index contributed by atoms with van der Waals surface area (Å²) in [7, 11) is 1.43. The number of nitrogens with zero attached hydrogens (tertiary/aromatic N) is 1. The normalized spacial score (nSPS) is 11.4. The number of fused-ring (bicyclic) bond motifs is 1. The molecule has 0 amide bonds. The zero-order valence-corrected chi connectivity index (χ0v) is 14.9. The standard InChI is InChI=1S/C19H14ClNO6/c1-25-16-9-11(6-7-15(16)26-10-17(22)23)8-13(20)18-21-14-5-3-2-4-12(14)19(24)27-18/h2-9H,10H2,1H3,(H,22,23)/b13-8-. The second-order valence-corrected chi connectivity index (χ2v) is 5.82. The highest BCUT2D eigenvalue weighted by atomic mass is 35.5. The number of para-hydroxylation sites is 1. The van der Waals surface area contributed by atoms with Crippen LogP contribution in [0.5, 0.6) is 11.5 Å². The van der Waals surface area contributed by atoms with Crippen molar-refractivity contribution in [1.29, 1.82) is 0 Å². The summed E-state index contributed by atoms with van der Waals surface area (Å²) >= 11 is 6.27. The highest BCUT2D eigenvalue weighted by Crippen LogP contribution is 2.30. The van der Waals surface area contributed by atoms with Crippen LogP contribution in [0.15, 0.2) is 51.7 Å². The Balaban J connectivity index is 1.94. The third-order valence-corrected chi connectivity index (χ3v) is 3.84. The molecule has 0 spiro atoms. The topological polar surface area (TPSA) is 98.9 Å². The van der Waals surface area contributed by atoms with E-state index in [0.717, 1.165) is 0 Å². The molecular weight excluding hydrogens is 374 g/mol. The van der Waals surface area contributed by atoms with Crippen molar-refractivity contribution in [2.75, 3.05) is 13.7 Å². The third kappa shape index (κ3) is 4.27. The number of halogens is 1. The average Bonchev–Trinajstić information content (AvgIpc) is 2.66. The van der Waals surface area contributed by atoms with Crippen molar-refractivity contribution in [3.8, 4) is 11.5 Å². The second kappa shape index (κ2) is 7.92. The van der Waals surface area contributed by atoms with Gasteiger partial charge in [0.2, 0.25) is 5.89 Å². The van der Waals surface area contributed by atoms with Crippen LogP contribution >= 0.6 is 11.6 Å². The minimum atomic E-state index is -1.10. The van der Waals surface area contributed by atoms with Gasteiger partial charge in [0.15, 0.2) is 18.1 Å². The maximum Gasteiger partial charge on any atom is 0.347 e. The molecule has 8 heteroatoms. The van der Waals surface area contributed by atoms with Crippen molar-refractivity contribution in [2.24, 2.45) is 0 Å². The van der Waals surface area contributed by atoms with E-state index in [2.05, 4.69) is 4.98 Å². The van der Waals surface area contributed by atoms with Gasteiger partial charge in [0.1, 0.15) is 5.03 Å². The van der Waals surface area contributed by atoms with Gasteiger partial charge in [0, 0.05) is 0 Å². The maximum atomic E-state index is 12.1. The predicted octanol–water partition coefficient (Wildman–Crippen LogP) is 3.40. The van der Waals surface area contributed by atoms with Crippen molar-refractivity contribution in [3.63, 3.8) is 0 Å². The van der Waals surface area contributed by atoms with E-state index in [9.17, 15) is 9.59 Å². The molecule has 0 bridgehead atoms. The molecule has 2 aromatic carbocycles. The van der Waals surface area contributed by atoms with Gasteiger partial charge in [-0.1, -0.05) is 29.8 Å². The molecule has 3 aromatic rings. The van der Waals surface area contributed by atoms with Crippen molar-refractivity contribution in [3.05, 3.63) is 64.3 Å². The van der Waals surface area contributed by atoms with Gasteiger partial charge in [-0.05, 0) is 35.9 Å². The van der Waals surface area contributed by atoms with Crippen LogP contribution in [0.1, 0.15) is 11.5 Å². The van der Waals surface area contributed by atoms with Crippen molar-refractivity contribution in [1.82, 2.24) is 4.98 Å². The van der Waals surface area contributed by atoms with Gasteiger partial charge >= 0.3 is 11.6 Å². The summed E-state index contributed by atoms with van der Waals surface area (Å²) in [6.07, 6.45) is 1.55. The van der Waals surface area contributed by atoms with E-state index in [4.69, 9.17) is 30.6 Å². The van der Waals surface area contributed by atoms with E-state index in [1.54, 1.807) is 48.5 Å². The number of benzene rings is 2. The SMILES string of the molecule is COc1cc(/C=C(\Cl)c2nc3ccccc3c(=O)o2)ccc1OCC(=O)O. The fourth-order valence-corrected chi connectivity index (χ4v) is 2.57. The number of aromatic nitrogens is 1. The zero-order chi connectivity index (χ0) is 19.4. The summed E-state index contributed by atoms with van der Waals surface area (Å²) in [5, 5.41) is 9.19. The number of carboxylic acid groups (broad SMARTS) is 1. The number of rotatable bonds is 6. The first kappa shape index (κ1) is 18.5. The predicted molar refractivity (Wildman–Crippen MR) is 100 cm³/mol. The molecule has 0 unspecified atom stereocenters.